The van der Waals surface area contributed by atoms with Crippen LogP contribution in [0.5, 0.6) is 0 Å². The minimum atomic E-state index is -0.544. The average molecular weight is 171 g/mol. The van der Waals surface area contributed by atoms with Gasteiger partial charge in [-0.2, -0.15) is 0 Å². The van der Waals surface area contributed by atoms with E-state index in [0.29, 0.717) is 6.54 Å². The van der Waals surface area contributed by atoms with Crippen LogP contribution in [0.2, 0.25) is 0 Å². The van der Waals surface area contributed by atoms with Crippen molar-refractivity contribution >= 4 is 0 Å². The van der Waals surface area contributed by atoms with Crippen LogP contribution in [0, 0.1) is 0 Å². The first-order valence-electron chi connectivity index (χ1n) is 4.66. The topological polar surface area (TPSA) is 32.3 Å². The zero-order chi connectivity index (χ0) is 9.61. The van der Waals surface area contributed by atoms with Crippen LogP contribution >= 0.6 is 0 Å². The maximum atomic E-state index is 9.88. The third-order valence-corrected chi connectivity index (χ3v) is 2.42. The van der Waals surface area contributed by atoms with Crippen LogP contribution in [-0.4, -0.2) is 23.3 Å². The molecule has 0 aromatic heterocycles. The van der Waals surface area contributed by atoms with Gasteiger partial charge < -0.3 is 10.4 Å². The Kier molecular flexibility index (Phi) is 5.18. The lowest BCUT2D eigenvalue weighted by molar-refractivity contribution is 0.0315. The molecule has 0 amide bonds. The fraction of sp³-hybridized carbons (Fsp3) is 0.800. The molecule has 2 N–H and O–H groups in total. The number of nitrogens with one attached hydrogen (secondary N) is 1. The van der Waals surface area contributed by atoms with Crippen molar-refractivity contribution in [2.24, 2.45) is 0 Å². The molecule has 0 aromatic carbocycles. The van der Waals surface area contributed by atoms with Gasteiger partial charge >= 0.3 is 0 Å². The van der Waals surface area contributed by atoms with Gasteiger partial charge in [0.05, 0.1) is 5.60 Å². The Morgan fingerprint density at radius 1 is 1.50 bits per heavy atom. The molecule has 1 atom stereocenters. The SMILES string of the molecule is C=CC(C)NCC(O)(CC)CC. The quantitative estimate of drug-likeness (QED) is 0.596. The molecule has 0 spiro atoms. The van der Waals surface area contributed by atoms with E-state index < -0.39 is 5.60 Å². The van der Waals surface area contributed by atoms with Crippen LogP contribution in [0.4, 0.5) is 0 Å². The van der Waals surface area contributed by atoms with Crippen molar-refractivity contribution in [3.05, 3.63) is 12.7 Å². The highest BCUT2D eigenvalue weighted by Gasteiger charge is 2.21. The van der Waals surface area contributed by atoms with Crippen molar-refractivity contribution in [2.75, 3.05) is 6.54 Å². The summed E-state index contributed by atoms with van der Waals surface area (Å²) in [5.41, 5.74) is -0.544. The number of hydrogen-bond acceptors (Lipinski definition) is 2. The Balaban J connectivity index is 3.79. The fourth-order valence-corrected chi connectivity index (χ4v) is 0.934. The summed E-state index contributed by atoms with van der Waals surface area (Å²) >= 11 is 0. The zero-order valence-corrected chi connectivity index (χ0v) is 8.43. The summed E-state index contributed by atoms with van der Waals surface area (Å²) in [6.07, 6.45) is 3.42. The molecule has 1 unspecified atom stereocenters. The molecule has 0 bridgehead atoms. The zero-order valence-electron chi connectivity index (χ0n) is 8.43. The van der Waals surface area contributed by atoms with Gasteiger partial charge in [0.2, 0.25) is 0 Å². The van der Waals surface area contributed by atoms with E-state index in [-0.39, 0.29) is 6.04 Å². The number of aliphatic hydroxyl groups is 1. The first kappa shape index (κ1) is 11.7. The molecule has 0 aliphatic rings. The Bertz CT molecular complexity index is 130. The summed E-state index contributed by atoms with van der Waals surface area (Å²) in [6.45, 7) is 10.3. The van der Waals surface area contributed by atoms with Crippen LogP contribution in [0.15, 0.2) is 12.7 Å². The van der Waals surface area contributed by atoms with Crippen LogP contribution in [0.3, 0.4) is 0 Å². The Hall–Kier alpha value is -0.340. The van der Waals surface area contributed by atoms with E-state index in [2.05, 4.69) is 11.9 Å². The highest BCUT2D eigenvalue weighted by molar-refractivity contribution is 4.85. The first-order valence-corrected chi connectivity index (χ1v) is 4.66. The van der Waals surface area contributed by atoms with Gasteiger partial charge in [-0.1, -0.05) is 19.9 Å². The molecular formula is C10H21NO. The van der Waals surface area contributed by atoms with E-state index in [1.807, 2.05) is 26.8 Å². The normalized spacial score (nSPS) is 14.3. The molecule has 72 valence electrons. The molecular weight excluding hydrogens is 150 g/mol. The lowest BCUT2D eigenvalue weighted by Gasteiger charge is -2.26. The minimum absolute atomic E-state index is 0.273. The Morgan fingerprint density at radius 2 is 2.00 bits per heavy atom. The van der Waals surface area contributed by atoms with E-state index in [1.165, 1.54) is 0 Å². The van der Waals surface area contributed by atoms with Crippen LogP contribution in [0.25, 0.3) is 0 Å². The smallest absolute Gasteiger partial charge is 0.0766 e. The summed E-state index contributed by atoms with van der Waals surface area (Å²) in [4.78, 5) is 0. The standard InChI is InChI=1S/C10H21NO/c1-5-9(4)11-8-10(12,6-2)7-3/h5,9,11-12H,1,6-8H2,2-4H3. The third kappa shape index (κ3) is 3.88. The van der Waals surface area contributed by atoms with Gasteiger partial charge in [-0.25, -0.2) is 0 Å². The van der Waals surface area contributed by atoms with Crippen molar-refractivity contribution in [2.45, 2.75) is 45.3 Å². The predicted molar refractivity (Wildman–Crippen MR) is 53.2 cm³/mol. The van der Waals surface area contributed by atoms with Crippen LogP contribution in [-0.2, 0) is 0 Å². The van der Waals surface area contributed by atoms with Gasteiger partial charge in [0.1, 0.15) is 0 Å². The molecule has 0 rings (SSSR count). The Morgan fingerprint density at radius 3 is 2.33 bits per heavy atom. The van der Waals surface area contributed by atoms with Crippen molar-refractivity contribution in [1.82, 2.24) is 5.32 Å². The van der Waals surface area contributed by atoms with Gasteiger partial charge in [0.25, 0.3) is 0 Å². The Labute approximate surface area is 75.7 Å². The molecule has 12 heavy (non-hydrogen) atoms. The van der Waals surface area contributed by atoms with E-state index in [1.54, 1.807) is 0 Å². The summed E-state index contributed by atoms with van der Waals surface area (Å²) in [5.74, 6) is 0. The largest absolute Gasteiger partial charge is 0.389 e. The molecule has 2 nitrogen and oxygen atoms in total. The molecule has 0 fully saturated rings. The minimum Gasteiger partial charge on any atom is -0.389 e. The number of hydrogen-bond donors (Lipinski definition) is 2. The monoisotopic (exact) mass is 171 g/mol. The van der Waals surface area contributed by atoms with Gasteiger partial charge in [0, 0.05) is 12.6 Å². The molecule has 2 heteroatoms. The lowest BCUT2D eigenvalue weighted by Crippen LogP contribution is -2.42. The van der Waals surface area contributed by atoms with E-state index in [9.17, 15) is 5.11 Å². The van der Waals surface area contributed by atoms with Crippen molar-refractivity contribution < 1.29 is 5.11 Å². The molecule has 0 radical (unpaired) electrons. The second-order valence-electron chi connectivity index (χ2n) is 3.34. The summed E-state index contributed by atoms with van der Waals surface area (Å²) < 4.78 is 0. The van der Waals surface area contributed by atoms with Crippen molar-refractivity contribution in [1.29, 1.82) is 0 Å². The highest BCUT2D eigenvalue weighted by atomic mass is 16.3. The summed E-state index contributed by atoms with van der Waals surface area (Å²) in [7, 11) is 0. The third-order valence-electron chi connectivity index (χ3n) is 2.42. The van der Waals surface area contributed by atoms with E-state index in [0.717, 1.165) is 12.8 Å². The summed E-state index contributed by atoms with van der Waals surface area (Å²) in [6, 6.07) is 0.273. The van der Waals surface area contributed by atoms with Crippen LogP contribution in [0.1, 0.15) is 33.6 Å². The van der Waals surface area contributed by atoms with Gasteiger partial charge in [-0.05, 0) is 19.8 Å². The lowest BCUT2D eigenvalue weighted by atomic mass is 9.97. The first-order chi connectivity index (χ1) is 5.58. The average Bonchev–Trinajstić information content (AvgIpc) is 2.13. The fourth-order valence-electron chi connectivity index (χ4n) is 0.934. The van der Waals surface area contributed by atoms with E-state index in [4.69, 9.17) is 0 Å². The predicted octanol–water partition coefficient (Wildman–Crippen LogP) is 1.70. The van der Waals surface area contributed by atoms with Gasteiger partial charge in [-0.3, -0.25) is 0 Å². The molecule has 0 heterocycles. The number of rotatable bonds is 6. The van der Waals surface area contributed by atoms with E-state index >= 15 is 0 Å². The van der Waals surface area contributed by atoms with Gasteiger partial charge in [0.15, 0.2) is 0 Å². The molecule has 0 aromatic rings. The second kappa shape index (κ2) is 5.33. The highest BCUT2D eigenvalue weighted by Crippen LogP contribution is 2.12. The van der Waals surface area contributed by atoms with Gasteiger partial charge in [-0.15, -0.1) is 6.58 Å². The van der Waals surface area contributed by atoms with Crippen molar-refractivity contribution in [3.63, 3.8) is 0 Å². The maximum Gasteiger partial charge on any atom is 0.0766 e. The summed E-state index contributed by atoms with van der Waals surface area (Å²) in [5, 5.41) is 13.1. The molecule has 0 aliphatic heterocycles. The van der Waals surface area contributed by atoms with Crippen molar-refractivity contribution in [3.8, 4) is 0 Å². The maximum absolute atomic E-state index is 9.88. The molecule has 0 saturated heterocycles. The van der Waals surface area contributed by atoms with Crippen LogP contribution < -0.4 is 5.32 Å². The molecule has 0 aliphatic carbocycles. The second-order valence-corrected chi connectivity index (χ2v) is 3.34. The molecule has 0 saturated carbocycles.